The van der Waals surface area contributed by atoms with Crippen molar-refractivity contribution >= 4 is 68.0 Å². The van der Waals surface area contributed by atoms with Crippen molar-refractivity contribution in [3.05, 3.63) is 290 Å². The Labute approximate surface area is 738 Å². The normalized spacial score (nSPS) is 17.4. The highest BCUT2D eigenvalue weighted by Crippen LogP contribution is 2.44. The van der Waals surface area contributed by atoms with Crippen LogP contribution in [0.4, 0.5) is 34.9 Å². The molecule has 3 aliphatic rings. The van der Waals surface area contributed by atoms with E-state index >= 15 is 0 Å². The van der Waals surface area contributed by atoms with Gasteiger partial charge in [-0.3, -0.25) is 14.4 Å². The SMILES string of the molecule is C=CCn1c(=O)c2cnc(Nc3ccc(C4CCC(c5ncc(C)o5)CC4)cc3)nc2n1-c1cccc(C(C)(C)O)n1.C=CCn1c(=O)c2cnc(Nc3ccc(C4CCC(c5nnc(C(C)C)o5)CC4)cc3)nc2n1-c1cccc(C(C)(C)O)n1.C=CCn1c(=O)c2cnc(Nc3ccc(C4CCC(c5nnc(C)o5)CC4)cc3)nc2n1-c1cccc(C(C)(C)O)n1. The Morgan fingerprint density at radius 3 is 0.984 bits per heavy atom. The smallest absolute Gasteiger partial charge is 0.278 e. The molecule has 660 valence electrons. The van der Waals surface area contributed by atoms with Crippen LogP contribution in [-0.2, 0) is 36.4 Å². The molecule has 0 spiro atoms. The number of nitrogens with zero attached hydrogens (tertiary/aromatic N) is 20. The highest BCUT2D eigenvalue weighted by atomic mass is 16.4. The number of rotatable bonds is 25. The van der Waals surface area contributed by atoms with Gasteiger partial charge in [0.15, 0.2) is 40.3 Å². The molecule has 0 radical (unpaired) electrons. The predicted octanol–water partition coefficient (Wildman–Crippen LogP) is 17.2. The number of hydrogen-bond acceptors (Lipinski definition) is 26. The zero-order chi connectivity index (χ0) is 89.9. The Kier molecular flexibility index (Phi) is 25.3. The number of fused-ring (bicyclic) bond motifs is 3. The lowest BCUT2D eigenvalue weighted by Gasteiger charge is -2.27. The van der Waals surface area contributed by atoms with Crippen molar-refractivity contribution in [2.45, 2.75) is 224 Å². The van der Waals surface area contributed by atoms with Gasteiger partial charge in [0.05, 0.1) is 42.9 Å². The van der Waals surface area contributed by atoms with Crippen molar-refractivity contribution in [2.75, 3.05) is 16.0 Å². The lowest BCUT2D eigenvalue weighted by atomic mass is 9.78. The lowest BCUT2D eigenvalue weighted by Crippen LogP contribution is -2.23. The van der Waals surface area contributed by atoms with Gasteiger partial charge in [-0.25, -0.2) is 63.0 Å². The minimum atomic E-state index is -1.15. The van der Waals surface area contributed by atoms with Gasteiger partial charge in [0.1, 0.15) is 38.7 Å². The summed E-state index contributed by atoms with van der Waals surface area (Å²) in [5.41, 5.74) is 4.91. The van der Waals surface area contributed by atoms with Gasteiger partial charge in [-0.15, -0.1) is 40.1 Å². The van der Waals surface area contributed by atoms with Crippen molar-refractivity contribution < 1.29 is 28.6 Å². The van der Waals surface area contributed by atoms with E-state index in [0.717, 1.165) is 118 Å². The van der Waals surface area contributed by atoms with Gasteiger partial charge in [0, 0.05) is 66.2 Å². The first-order valence-electron chi connectivity index (χ1n) is 43.6. The minimum absolute atomic E-state index is 0.240. The van der Waals surface area contributed by atoms with Crippen LogP contribution in [0.2, 0.25) is 0 Å². The lowest BCUT2D eigenvalue weighted by molar-refractivity contribution is 0.0733. The van der Waals surface area contributed by atoms with E-state index in [2.05, 4.69) is 141 Å². The Morgan fingerprint density at radius 2 is 0.703 bits per heavy atom. The summed E-state index contributed by atoms with van der Waals surface area (Å²) in [6.07, 6.45) is 24.0. The van der Waals surface area contributed by atoms with E-state index in [-0.39, 0.29) is 42.2 Å². The molecule has 0 aliphatic heterocycles. The number of nitrogens with one attached hydrogen (secondary N) is 3. The third-order valence-corrected chi connectivity index (χ3v) is 23.9. The first-order chi connectivity index (χ1) is 61.5. The van der Waals surface area contributed by atoms with Crippen LogP contribution in [-0.4, -0.2) is 114 Å². The highest BCUT2D eigenvalue weighted by molar-refractivity contribution is 5.79. The molecule has 0 unspecified atom stereocenters. The summed E-state index contributed by atoms with van der Waals surface area (Å²) in [6.45, 7) is 30.1. The second kappa shape index (κ2) is 37.0. The summed E-state index contributed by atoms with van der Waals surface area (Å²) in [5.74, 6) is 9.82. The fraction of sp³-hybridized carbons (Fsp3) is 0.365. The first-order valence-corrected chi connectivity index (χ1v) is 43.6. The molecule has 18 rings (SSSR count). The molecular weight excluding hydrogens is 1620 g/mol. The summed E-state index contributed by atoms with van der Waals surface area (Å²) in [6, 6.07) is 41.1. The van der Waals surface area contributed by atoms with Crippen LogP contribution in [0.1, 0.15) is 243 Å². The number of aryl methyl sites for hydroxylation is 2. The van der Waals surface area contributed by atoms with Crippen LogP contribution in [0.3, 0.4) is 0 Å². The molecule has 3 aromatic carbocycles. The zero-order valence-electron chi connectivity index (χ0n) is 73.7. The standard InChI is InChI=1S/C33H38N8O3.C32H35N7O3.C31H34N8O3/c1-6-18-40-31(42)25-19-34-32(37-28(25)41(40)27-9-7-8-26(36-27)33(4,5)43)35-24-16-14-22(15-17-24)21-10-12-23(13-11-21)30-39-38-29(44-30)20(2)3;1-5-17-38-30(40)25-19-34-31(37-28(25)39(38)27-8-6-7-26(36-27)32(3,4)41)35-24-15-13-22(14-16-24)21-9-11-23(12-10-21)29-33-18-20(2)42-29;1-5-17-38-29(40)24-18-32-30(35-27(24)39(38)26-8-6-7-25(34-26)31(3,4)41)33-23-15-13-21(14-16-23)20-9-11-22(12-10-20)28-37-36-19(2)42-28/h6-9,14-17,19-21,23,43H,1,10-13,18H2,2-5H3,(H,34,35,37);5-8,13-16,18-19,21,23,41H,1,9-12,17H2,2-4H3,(H,34,35,37);5-8,13-16,18,20,22,41H,1,9-12,17H2,2-4H3,(H,32,33,35). The average Bonchev–Trinajstić information content (AvgIpc) is 1.61. The Hall–Kier alpha value is -13.9. The molecule has 0 saturated heterocycles. The molecule has 12 heterocycles. The van der Waals surface area contributed by atoms with E-state index in [1.165, 1.54) is 49.3 Å². The minimum Gasteiger partial charge on any atom is -0.446 e. The van der Waals surface area contributed by atoms with Gasteiger partial charge in [0.25, 0.3) is 16.7 Å². The topological polar surface area (TPSA) is 397 Å². The van der Waals surface area contributed by atoms with Gasteiger partial charge < -0.3 is 44.5 Å². The van der Waals surface area contributed by atoms with Crippen molar-refractivity contribution in [3.8, 4) is 17.5 Å². The molecule has 0 amide bonds. The Balaban J connectivity index is 0.000000141. The van der Waals surface area contributed by atoms with Crippen LogP contribution in [0, 0.1) is 13.8 Å². The molecule has 3 saturated carbocycles. The Morgan fingerprint density at radius 1 is 0.391 bits per heavy atom. The molecule has 32 heteroatoms. The number of anilines is 6. The molecule has 0 atom stereocenters. The van der Waals surface area contributed by atoms with Crippen molar-refractivity contribution in [2.24, 2.45) is 0 Å². The fourth-order valence-electron chi connectivity index (χ4n) is 17.1. The molecule has 6 N–H and O–H groups in total. The van der Waals surface area contributed by atoms with E-state index in [0.29, 0.717) is 133 Å². The van der Waals surface area contributed by atoms with E-state index in [1.54, 1.807) is 135 Å². The maximum absolute atomic E-state index is 13.3. The number of allylic oxidation sites excluding steroid dienone is 3. The summed E-state index contributed by atoms with van der Waals surface area (Å²) in [5, 5.41) is 59.2. The molecule has 3 fully saturated rings. The van der Waals surface area contributed by atoms with E-state index in [9.17, 15) is 29.7 Å². The van der Waals surface area contributed by atoms with Crippen LogP contribution in [0.5, 0.6) is 0 Å². The molecule has 15 aromatic rings. The molecule has 128 heavy (non-hydrogen) atoms. The number of aromatic nitrogens is 20. The molecule has 32 nitrogen and oxygen atoms in total. The quantitative estimate of drug-likeness (QED) is 0.0289. The number of pyridine rings is 3. The van der Waals surface area contributed by atoms with Crippen molar-refractivity contribution in [1.82, 2.24) is 98.3 Å². The fourth-order valence-corrected chi connectivity index (χ4v) is 17.1. The Bertz CT molecular complexity index is 6420. The first kappa shape index (κ1) is 87.6. The summed E-state index contributed by atoms with van der Waals surface area (Å²) >= 11 is 0. The predicted molar refractivity (Wildman–Crippen MR) is 489 cm³/mol. The third kappa shape index (κ3) is 19.1. The molecular formula is C96H107N23O9. The zero-order valence-corrected chi connectivity index (χ0v) is 73.7. The van der Waals surface area contributed by atoms with E-state index in [1.807, 2.05) is 50.2 Å². The molecule has 0 bridgehead atoms. The van der Waals surface area contributed by atoms with Gasteiger partial charge in [-0.05, 0) is 233 Å². The summed E-state index contributed by atoms with van der Waals surface area (Å²) < 4.78 is 26.8. The van der Waals surface area contributed by atoms with E-state index < -0.39 is 16.8 Å². The van der Waals surface area contributed by atoms with Crippen LogP contribution in [0.25, 0.3) is 50.6 Å². The highest BCUT2D eigenvalue weighted by Gasteiger charge is 2.33. The van der Waals surface area contributed by atoms with Crippen molar-refractivity contribution in [1.29, 1.82) is 0 Å². The second-order valence-corrected chi connectivity index (χ2v) is 35.1. The maximum atomic E-state index is 13.3. The number of oxazole rings is 1. The largest absolute Gasteiger partial charge is 0.446 e. The number of benzene rings is 3. The van der Waals surface area contributed by atoms with Gasteiger partial charge in [-0.2, -0.15) is 15.0 Å². The third-order valence-electron chi connectivity index (χ3n) is 23.9. The summed E-state index contributed by atoms with van der Waals surface area (Å²) in [7, 11) is 0. The van der Waals surface area contributed by atoms with Crippen molar-refractivity contribution in [3.63, 3.8) is 0 Å². The van der Waals surface area contributed by atoms with Crippen LogP contribution >= 0.6 is 0 Å². The maximum Gasteiger partial charge on any atom is 0.278 e. The van der Waals surface area contributed by atoms with Crippen LogP contribution in [0.15, 0.2) is 218 Å². The summed E-state index contributed by atoms with van der Waals surface area (Å²) in [4.78, 5) is 85.6. The second-order valence-electron chi connectivity index (χ2n) is 35.1. The number of aliphatic hydroxyl groups is 3. The number of hydrogen-bond donors (Lipinski definition) is 6. The monoisotopic (exact) mass is 1730 g/mol. The average molecular weight is 1730 g/mol. The van der Waals surface area contributed by atoms with E-state index in [4.69, 9.17) is 28.2 Å². The molecule has 3 aliphatic carbocycles. The van der Waals surface area contributed by atoms with Crippen LogP contribution < -0.4 is 32.6 Å². The van der Waals surface area contributed by atoms with Gasteiger partial charge in [-0.1, -0.05) is 86.7 Å². The van der Waals surface area contributed by atoms with Gasteiger partial charge >= 0.3 is 0 Å². The van der Waals surface area contributed by atoms with Gasteiger partial charge in [0.2, 0.25) is 41.4 Å². The molecule has 12 aromatic heterocycles.